The Kier molecular flexibility index (Phi) is 4.73. The van der Waals surface area contributed by atoms with Crippen LogP contribution in [0.1, 0.15) is 4.88 Å². The molecule has 1 heterocycles. The van der Waals surface area contributed by atoms with E-state index < -0.39 is 0 Å². The van der Waals surface area contributed by atoms with Gasteiger partial charge in [0.1, 0.15) is 10.8 Å². The molecule has 2 rings (SSSR count). The summed E-state index contributed by atoms with van der Waals surface area (Å²) in [5.74, 6) is 0.856. The third kappa shape index (κ3) is 2.72. The van der Waals surface area contributed by atoms with E-state index in [1.165, 1.54) is 0 Å². The quantitative estimate of drug-likeness (QED) is 0.919. The van der Waals surface area contributed by atoms with Gasteiger partial charge in [-0.05, 0) is 24.3 Å². The van der Waals surface area contributed by atoms with Crippen LogP contribution in [0.4, 0.5) is 0 Å². The van der Waals surface area contributed by atoms with Crippen molar-refractivity contribution in [3.63, 3.8) is 0 Å². The lowest BCUT2D eigenvalue weighted by molar-refractivity contribution is 0.415. The molecule has 5 heteroatoms. The molecule has 0 fully saturated rings. The Morgan fingerprint density at radius 2 is 2.00 bits per heavy atom. The molecule has 0 radical (unpaired) electrons. The highest BCUT2D eigenvalue weighted by atomic mass is 35.5. The molecule has 2 aromatic rings. The lowest BCUT2D eigenvalue weighted by Gasteiger charge is -1.99. The number of halogens is 1. The highest BCUT2D eigenvalue weighted by molar-refractivity contribution is 7.15. The molecular formula is C11H13ClN2OS. The number of aromatic nitrogens is 1. The van der Waals surface area contributed by atoms with Gasteiger partial charge in [0, 0.05) is 23.2 Å². The summed E-state index contributed by atoms with van der Waals surface area (Å²) in [6.07, 6.45) is 1.82. The Hall–Kier alpha value is -1.10. The standard InChI is InChI=1S/C11H12N2OS.ClH/c1-14-9-4-2-8(3-5-9)11-13-7-10(6-12)15-11;/h2-5,7H,6,12H2,1H3;1H. The zero-order valence-electron chi connectivity index (χ0n) is 8.84. The van der Waals surface area contributed by atoms with Gasteiger partial charge in [-0.3, -0.25) is 0 Å². The SMILES string of the molecule is COc1ccc(-c2ncc(CN)s2)cc1.Cl. The van der Waals surface area contributed by atoms with Gasteiger partial charge in [-0.15, -0.1) is 23.7 Å². The predicted octanol–water partition coefficient (Wildman–Crippen LogP) is 2.70. The third-order valence-corrected chi connectivity index (χ3v) is 3.16. The average Bonchev–Trinajstić information content (AvgIpc) is 2.78. The maximum Gasteiger partial charge on any atom is 0.123 e. The average molecular weight is 257 g/mol. The molecule has 0 bridgehead atoms. The largest absolute Gasteiger partial charge is 0.497 e. The first-order chi connectivity index (χ1) is 7.33. The molecule has 2 N–H and O–H groups in total. The van der Waals surface area contributed by atoms with E-state index in [1.807, 2.05) is 30.5 Å². The third-order valence-electron chi connectivity index (χ3n) is 2.09. The van der Waals surface area contributed by atoms with Crippen LogP contribution in [-0.2, 0) is 6.54 Å². The maximum absolute atomic E-state index is 5.54. The second-order valence-electron chi connectivity index (χ2n) is 3.06. The first kappa shape index (κ1) is 13.0. The molecule has 0 aliphatic rings. The van der Waals surface area contributed by atoms with Gasteiger partial charge in [-0.2, -0.15) is 0 Å². The molecule has 0 saturated heterocycles. The smallest absolute Gasteiger partial charge is 0.123 e. The molecule has 0 aliphatic carbocycles. The van der Waals surface area contributed by atoms with Crippen LogP contribution in [0, 0.1) is 0 Å². The molecule has 0 saturated carbocycles. The van der Waals surface area contributed by atoms with Crippen LogP contribution in [0.5, 0.6) is 5.75 Å². The van der Waals surface area contributed by atoms with Crippen LogP contribution < -0.4 is 10.5 Å². The minimum atomic E-state index is 0. The van der Waals surface area contributed by atoms with E-state index in [-0.39, 0.29) is 12.4 Å². The summed E-state index contributed by atoms with van der Waals surface area (Å²) >= 11 is 1.62. The minimum Gasteiger partial charge on any atom is -0.497 e. The Labute approximate surface area is 105 Å². The van der Waals surface area contributed by atoms with Gasteiger partial charge in [0.25, 0.3) is 0 Å². The maximum atomic E-state index is 5.54. The van der Waals surface area contributed by atoms with Gasteiger partial charge in [-0.25, -0.2) is 4.98 Å². The zero-order valence-corrected chi connectivity index (χ0v) is 10.5. The first-order valence-corrected chi connectivity index (χ1v) is 5.44. The van der Waals surface area contributed by atoms with E-state index in [2.05, 4.69) is 4.98 Å². The van der Waals surface area contributed by atoms with Crippen molar-refractivity contribution >= 4 is 23.7 Å². The van der Waals surface area contributed by atoms with Crippen molar-refractivity contribution in [2.75, 3.05) is 7.11 Å². The Bertz CT molecular complexity index is 442. The Morgan fingerprint density at radius 1 is 1.31 bits per heavy atom. The second-order valence-corrected chi connectivity index (χ2v) is 4.18. The van der Waals surface area contributed by atoms with Gasteiger partial charge < -0.3 is 10.5 Å². The van der Waals surface area contributed by atoms with Crippen molar-refractivity contribution in [3.8, 4) is 16.3 Å². The molecule has 86 valence electrons. The number of hydrogen-bond acceptors (Lipinski definition) is 4. The highest BCUT2D eigenvalue weighted by Gasteiger charge is 2.03. The van der Waals surface area contributed by atoms with Crippen molar-refractivity contribution < 1.29 is 4.74 Å². The van der Waals surface area contributed by atoms with Crippen molar-refractivity contribution in [2.45, 2.75) is 6.54 Å². The summed E-state index contributed by atoms with van der Waals surface area (Å²) < 4.78 is 5.09. The number of thiazole rings is 1. The summed E-state index contributed by atoms with van der Waals surface area (Å²) in [6, 6.07) is 7.85. The summed E-state index contributed by atoms with van der Waals surface area (Å²) in [5, 5.41) is 0.998. The van der Waals surface area contributed by atoms with Crippen LogP contribution >= 0.6 is 23.7 Å². The zero-order chi connectivity index (χ0) is 10.7. The Morgan fingerprint density at radius 3 is 2.50 bits per heavy atom. The van der Waals surface area contributed by atoms with Gasteiger partial charge in [-0.1, -0.05) is 0 Å². The fourth-order valence-corrected chi connectivity index (χ4v) is 2.07. The molecule has 0 unspecified atom stereocenters. The molecule has 0 amide bonds. The van der Waals surface area contributed by atoms with E-state index in [0.29, 0.717) is 6.54 Å². The molecule has 1 aromatic carbocycles. The van der Waals surface area contributed by atoms with Crippen LogP contribution in [0.3, 0.4) is 0 Å². The number of methoxy groups -OCH3 is 1. The van der Waals surface area contributed by atoms with Crippen molar-refractivity contribution in [1.82, 2.24) is 4.98 Å². The van der Waals surface area contributed by atoms with E-state index in [1.54, 1.807) is 18.4 Å². The molecule has 0 atom stereocenters. The topological polar surface area (TPSA) is 48.1 Å². The number of benzene rings is 1. The summed E-state index contributed by atoms with van der Waals surface area (Å²) in [7, 11) is 1.66. The normalized spacial score (nSPS) is 9.62. The lowest BCUT2D eigenvalue weighted by Crippen LogP contribution is -1.91. The van der Waals surface area contributed by atoms with Crippen molar-refractivity contribution in [2.24, 2.45) is 5.73 Å². The molecular weight excluding hydrogens is 244 g/mol. The second kappa shape index (κ2) is 5.84. The number of nitrogens with zero attached hydrogens (tertiary/aromatic N) is 1. The molecule has 16 heavy (non-hydrogen) atoms. The lowest BCUT2D eigenvalue weighted by atomic mass is 10.2. The minimum absolute atomic E-state index is 0. The van der Waals surface area contributed by atoms with E-state index in [4.69, 9.17) is 10.5 Å². The van der Waals surface area contributed by atoms with E-state index in [9.17, 15) is 0 Å². The summed E-state index contributed by atoms with van der Waals surface area (Å²) in [4.78, 5) is 5.41. The van der Waals surface area contributed by atoms with Crippen molar-refractivity contribution in [1.29, 1.82) is 0 Å². The van der Waals surface area contributed by atoms with Crippen LogP contribution in [0.15, 0.2) is 30.5 Å². The van der Waals surface area contributed by atoms with Crippen molar-refractivity contribution in [3.05, 3.63) is 35.3 Å². The first-order valence-electron chi connectivity index (χ1n) is 4.62. The van der Waals surface area contributed by atoms with Gasteiger partial charge in [0.15, 0.2) is 0 Å². The van der Waals surface area contributed by atoms with E-state index in [0.717, 1.165) is 21.2 Å². The highest BCUT2D eigenvalue weighted by Crippen LogP contribution is 2.26. The number of ether oxygens (including phenoxy) is 1. The number of nitrogens with two attached hydrogens (primary N) is 1. The van der Waals surface area contributed by atoms with Crippen LogP contribution in [0.25, 0.3) is 10.6 Å². The van der Waals surface area contributed by atoms with Crippen LogP contribution in [0.2, 0.25) is 0 Å². The summed E-state index contributed by atoms with van der Waals surface area (Å²) in [5.41, 5.74) is 6.63. The van der Waals surface area contributed by atoms with Gasteiger partial charge >= 0.3 is 0 Å². The monoisotopic (exact) mass is 256 g/mol. The van der Waals surface area contributed by atoms with Crippen LogP contribution in [-0.4, -0.2) is 12.1 Å². The van der Waals surface area contributed by atoms with E-state index >= 15 is 0 Å². The van der Waals surface area contributed by atoms with Gasteiger partial charge in [0.05, 0.1) is 7.11 Å². The fourth-order valence-electron chi connectivity index (χ4n) is 1.27. The number of hydrogen-bond donors (Lipinski definition) is 1. The number of rotatable bonds is 3. The molecule has 3 nitrogen and oxygen atoms in total. The summed E-state index contributed by atoms with van der Waals surface area (Å²) in [6.45, 7) is 0.549. The molecule has 0 aliphatic heterocycles. The molecule has 0 spiro atoms. The predicted molar refractivity (Wildman–Crippen MR) is 69.2 cm³/mol. The van der Waals surface area contributed by atoms with Gasteiger partial charge in [0.2, 0.25) is 0 Å². The molecule has 1 aromatic heterocycles. The Balaban J connectivity index is 0.00000128. The fraction of sp³-hybridized carbons (Fsp3) is 0.182.